The minimum absolute atomic E-state index is 0.539. The van der Waals surface area contributed by atoms with Crippen molar-refractivity contribution in [3.63, 3.8) is 0 Å². The van der Waals surface area contributed by atoms with Gasteiger partial charge in [-0.25, -0.2) is 0 Å². The lowest BCUT2D eigenvalue weighted by molar-refractivity contribution is 0.142. The van der Waals surface area contributed by atoms with Crippen LogP contribution in [0.1, 0.15) is 72.1 Å². The van der Waals surface area contributed by atoms with Gasteiger partial charge in [0.05, 0.1) is 0 Å². The van der Waals surface area contributed by atoms with Gasteiger partial charge in [-0.1, -0.05) is 46.5 Å². The van der Waals surface area contributed by atoms with E-state index in [0.717, 1.165) is 5.92 Å². The fraction of sp³-hybridized carbons (Fsp3) is 1.00. The Morgan fingerprint density at radius 3 is 2.30 bits per heavy atom. The first-order valence-electron chi connectivity index (χ1n) is 8.97. The van der Waals surface area contributed by atoms with E-state index in [4.69, 9.17) is 0 Å². The van der Waals surface area contributed by atoms with E-state index in [2.05, 4.69) is 38.0 Å². The fourth-order valence-electron chi connectivity index (χ4n) is 3.53. The zero-order valence-electron chi connectivity index (χ0n) is 14.5. The molecule has 1 fully saturated rings. The van der Waals surface area contributed by atoms with Crippen LogP contribution >= 0.6 is 0 Å². The van der Waals surface area contributed by atoms with Crippen LogP contribution in [0.3, 0.4) is 0 Å². The van der Waals surface area contributed by atoms with Gasteiger partial charge in [-0.05, 0) is 57.2 Å². The number of rotatable bonds is 9. The first-order valence-corrected chi connectivity index (χ1v) is 8.97. The van der Waals surface area contributed by atoms with Gasteiger partial charge in [0, 0.05) is 13.1 Å². The largest absolute Gasteiger partial charge is 0.316 e. The highest BCUT2D eigenvalue weighted by molar-refractivity contribution is 4.86. The molecule has 1 aliphatic rings. The Morgan fingerprint density at radius 1 is 1.10 bits per heavy atom. The van der Waals surface area contributed by atoms with Crippen LogP contribution in [0.25, 0.3) is 0 Å². The number of hydrogen-bond acceptors (Lipinski definition) is 2. The molecule has 0 spiro atoms. The summed E-state index contributed by atoms with van der Waals surface area (Å²) in [6.45, 7) is 11.9. The van der Waals surface area contributed by atoms with Gasteiger partial charge in [-0.15, -0.1) is 0 Å². The van der Waals surface area contributed by atoms with E-state index in [9.17, 15) is 0 Å². The molecule has 1 rings (SSSR count). The minimum Gasteiger partial charge on any atom is -0.316 e. The molecule has 0 amide bonds. The maximum absolute atomic E-state index is 3.72. The first kappa shape index (κ1) is 18.0. The molecule has 2 nitrogen and oxygen atoms in total. The van der Waals surface area contributed by atoms with Gasteiger partial charge in [0.25, 0.3) is 0 Å². The number of nitrogens with one attached hydrogen (secondary N) is 1. The molecule has 0 heterocycles. The molecule has 0 unspecified atom stereocenters. The Morgan fingerprint density at radius 2 is 1.75 bits per heavy atom. The number of hydrogen-bond donors (Lipinski definition) is 1. The molecule has 120 valence electrons. The summed E-state index contributed by atoms with van der Waals surface area (Å²) >= 11 is 0. The SMILES string of the molecule is CCCNCC1(CN(C)CCC(C)C)CCCCCC1. The van der Waals surface area contributed by atoms with Crippen LogP contribution in [0.2, 0.25) is 0 Å². The van der Waals surface area contributed by atoms with Crippen LogP contribution < -0.4 is 5.32 Å². The summed E-state index contributed by atoms with van der Waals surface area (Å²) in [5.74, 6) is 0.820. The molecule has 1 N–H and O–H groups in total. The van der Waals surface area contributed by atoms with E-state index in [1.54, 1.807) is 0 Å². The molecular formula is C18H38N2. The Kier molecular flexibility index (Phi) is 8.79. The highest BCUT2D eigenvalue weighted by atomic mass is 15.1. The van der Waals surface area contributed by atoms with E-state index in [0.29, 0.717) is 5.41 Å². The van der Waals surface area contributed by atoms with Gasteiger partial charge in [0.1, 0.15) is 0 Å². The van der Waals surface area contributed by atoms with E-state index >= 15 is 0 Å². The summed E-state index contributed by atoms with van der Waals surface area (Å²) < 4.78 is 0. The van der Waals surface area contributed by atoms with Gasteiger partial charge in [-0.3, -0.25) is 0 Å². The zero-order valence-corrected chi connectivity index (χ0v) is 14.5. The Labute approximate surface area is 127 Å². The van der Waals surface area contributed by atoms with Crippen molar-refractivity contribution >= 4 is 0 Å². The lowest BCUT2D eigenvalue weighted by atomic mass is 9.79. The summed E-state index contributed by atoms with van der Waals surface area (Å²) in [6.07, 6.45) is 11.2. The monoisotopic (exact) mass is 282 g/mol. The molecule has 0 aliphatic heterocycles. The molecule has 20 heavy (non-hydrogen) atoms. The van der Waals surface area contributed by atoms with Crippen molar-refractivity contribution in [1.29, 1.82) is 0 Å². The number of nitrogens with zero attached hydrogens (tertiary/aromatic N) is 1. The van der Waals surface area contributed by atoms with E-state index in [-0.39, 0.29) is 0 Å². The molecular weight excluding hydrogens is 244 g/mol. The van der Waals surface area contributed by atoms with Crippen LogP contribution in [0.15, 0.2) is 0 Å². The van der Waals surface area contributed by atoms with Gasteiger partial charge >= 0.3 is 0 Å². The summed E-state index contributed by atoms with van der Waals surface area (Å²) in [4.78, 5) is 2.60. The molecule has 0 bridgehead atoms. The lowest BCUT2D eigenvalue weighted by Gasteiger charge is -2.37. The van der Waals surface area contributed by atoms with E-state index in [1.807, 2.05) is 0 Å². The van der Waals surface area contributed by atoms with Crippen LogP contribution in [-0.2, 0) is 0 Å². The predicted octanol–water partition coefficient (Wildman–Crippen LogP) is 4.30. The second-order valence-electron chi connectivity index (χ2n) is 7.51. The fourth-order valence-corrected chi connectivity index (χ4v) is 3.53. The first-order chi connectivity index (χ1) is 9.58. The normalized spacial score (nSPS) is 19.5. The molecule has 0 aromatic rings. The van der Waals surface area contributed by atoms with Crippen LogP contribution in [-0.4, -0.2) is 38.1 Å². The van der Waals surface area contributed by atoms with Crippen molar-refractivity contribution in [1.82, 2.24) is 10.2 Å². The Hall–Kier alpha value is -0.0800. The average molecular weight is 283 g/mol. The quantitative estimate of drug-likeness (QED) is 0.501. The van der Waals surface area contributed by atoms with Crippen LogP contribution in [0.5, 0.6) is 0 Å². The maximum atomic E-state index is 3.72. The highest BCUT2D eigenvalue weighted by Gasteiger charge is 2.31. The van der Waals surface area contributed by atoms with Gasteiger partial charge in [-0.2, -0.15) is 0 Å². The van der Waals surface area contributed by atoms with Gasteiger partial charge in [0.15, 0.2) is 0 Å². The molecule has 2 heteroatoms. The smallest absolute Gasteiger partial charge is 0.00471 e. The minimum atomic E-state index is 0.539. The third-order valence-corrected chi connectivity index (χ3v) is 4.78. The van der Waals surface area contributed by atoms with Crippen molar-refractivity contribution in [2.45, 2.75) is 72.1 Å². The standard InChI is InChI=1S/C18H38N2/c1-5-13-19-15-18(11-8-6-7-9-12-18)16-20(4)14-10-17(2)3/h17,19H,5-16H2,1-4H3. The Bertz CT molecular complexity index is 230. The van der Waals surface area contributed by atoms with Crippen LogP contribution in [0.4, 0.5) is 0 Å². The Balaban J connectivity index is 2.51. The second kappa shape index (κ2) is 9.78. The highest BCUT2D eigenvalue weighted by Crippen LogP contribution is 2.35. The van der Waals surface area contributed by atoms with Crippen molar-refractivity contribution in [3.05, 3.63) is 0 Å². The zero-order chi connectivity index (χ0) is 14.8. The third-order valence-electron chi connectivity index (χ3n) is 4.78. The van der Waals surface area contributed by atoms with Gasteiger partial charge in [0.2, 0.25) is 0 Å². The third kappa shape index (κ3) is 7.08. The molecule has 0 atom stereocenters. The van der Waals surface area contributed by atoms with Crippen LogP contribution in [0, 0.1) is 11.3 Å². The molecule has 1 saturated carbocycles. The molecule has 0 radical (unpaired) electrons. The summed E-state index contributed by atoms with van der Waals surface area (Å²) in [6, 6.07) is 0. The molecule has 0 saturated heterocycles. The summed E-state index contributed by atoms with van der Waals surface area (Å²) in [7, 11) is 2.33. The van der Waals surface area contributed by atoms with Gasteiger partial charge < -0.3 is 10.2 Å². The summed E-state index contributed by atoms with van der Waals surface area (Å²) in [5, 5.41) is 3.72. The molecule has 0 aromatic heterocycles. The predicted molar refractivity (Wildman–Crippen MR) is 90.2 cm³/mol. The maximum Gasteiger partial charge on any atom is 0.00471 e. The van der Waals surface area contributed by atoms with Crippen molar-refractivity contribution in [2.24, 2.45) is 11.3 Å². The average Bonchev–Trinajstić information content (AvgIpc) is 2.63. The summed E-state index contributed by atoms with van der Waals surface area (Å²) in [5.41, 5.74) is 0.539. The lowest BCUT2D eigenvalue weighted by Crippen LogP contribution is -2.43. The van der Waals surface area contributed by atoms with Crippen molar-refractivity contribution in [2.75, 3.05) is 33.2 Å². The molecule has 0 aromatic carbocycles. The van der Waals surface area contributed by atoms with E-state index in [1.165, 1.54) is 77.5 Å². The van der Waals surface area contributed by atoms with E-state index < -0.39 is 0 Å². The van der Waals surface area contributed by atoms with Crippen molar-refractivity contribution < 1.29 is 0 Å². The topological polar surface area (TPSA) is 15.3 Å². The second-order valence-corrected chi connectivity index (χ2v) is 7.51. The molecule has 1 aliphatic carbocycles. The van der Waals surface area contributed by atoms with Crippen molar-refractivity contribution in [3.8, 4) is 0 Å².